The van der Waals surface area contributed by atoms with Gasteiger partial charge in [0.05, 0.1) is 34.2 Å². The van der Waals surface area contributed by atoms with E-state index in [9.17, 15) is 0 Å². The van der Waals surface area contributed by atoms with Crippen LogP contribution in [0.25, 0.3) is 43.1 Å². The molecule has 0 unspecified atom stereocenters. The molecule has 7 rings (SSSR count). The number of rotatable bonds is 4. The standard InChI is InChI=1S/C36H27N3.2ClH.Fe/c1-23(37-35-15-7-13-29-19-25-9-3-5-11-27(25)21-31(29)35)33-17-18-34(39-33)24(2)38-36-16-8-14-30-20-26-10-4-6-12-28(26)22-32(30)36;;;/h3-17,19-22H,18H2,1-2H3;2*1H;/q;;;+2/p-2. The molecule has 0 spiro atoms. The molecule has 0 fully saturated rings. The van der Waals surface area contributed by atoms with Crippen molar-refractivity contribution in [3.8, 4) is 0 Å². The topological polar surface area (TPSA) is 37.1 Å². The molecule has 0 N–H and O–H groups in total. The molecular formula is C36H27Cl2FeN3. The molecule has 208 valence electrons. The first-order chi connectivity index (χ1) is 20.5. The van der Waals surface area contributed by atoms with E-state index in [1.165, 1.54) is 32.3 Å². The fourth-order valence-electron chi connectivity index (χ4n) is 5.47. The van der Waals surface area contributed by atoms with Crippen molar-refractivity contribution in [3.63, 3.8) is 0 Å². The van der Waals surface area contributed by atoms with Crippen LogP contribution in [0.1, 0.15) is 20.3 Å². The van der Waals surface area contributed by atoms with Gasteiger partial charge in [-0.25, -0.2) is 4.99 Å². The summed E-state index contributed by atoms with van der Waals surface area (Å²) in [5, 5.41) is 9.62. The van der Waals surface area contributed by atoms with E-state index in [2.05, 4.69) is 122 Å². The molecule has 6 heteroatoms. The first-order valence-electron chi connectivity index (χ1n) is 13.6. The molecule has 1 aliphatic heterocycles. The molecule has 0 radical (unpaired) electrons. The van der Waals surface area contributed by atoms with Gasteiger partial charge >= 0.3 is 33.3 Å². The second kappa shape index (κ2) is 12.6. The predicted octanol–water partition coefficient (Wildman–Crippen LogP) is 11.3. The molecule has 0 aromatic heterocycles. The molecule has 3 nitrogen and oxygen atoms in total. The number of benzene rings is 6. The SMILES string of the molecule is CC(=Nc1cccc2cc3ccccc3cc12)C1=CCC(C(C)=Nc2cccc3cc4ccccc4cc23)=N1.[Cl][Fe][Cl]. The molecule has 0 atom stereocenters. The minimum absolute atomic E-state index is 0.194. The van der Waals surface area contributed by atoms with E-state index >= 15 is 0 Å². The van der Waals surface area contributed by atoms with Crippen LogP contribution in [0.3, 0.4) is 0 Å². The summed E-state index contributed by atoms with van der Waals surface area (Å²) in [6.07, 6.45) is 2.91. The van der Waals surface area contributed by atoms with Gasteiger partial charge in [-0.2, -0.15) is 0 Å². The zero-order valence-corrected chi connectivity index (χ0v) is 25.7. The third-order valence-electron chi connectivity index (χ3n) is 7.56. The quantitative estimate of drug-likeness (QED) is 0.106. The van der Waals surface area contributed by atoms with E-state index < -0.39 is 0 Å². The van der Waals surface area contributed by atoms with Crippen molar-refractivity contribution in [1.82, 2.24) is 0 Å². The Kier molecular flexibility index (Phi) is 8.50. The molecule has 0 bridgehead atoms. The number of hydrogen-bond acceptors (Lipinski definition) is 3. The van der Waals surface area contributed by atoms with Crippen LogP contribution in [0.5, 0.6) is 0 Å². The fraction of sp³-hybridized carbons (Fsp3) is 0.0833. The van der Waals surface area contributed by atoms with Crippen LogP contribution in [0.15, 0.2) is 136 Å². The Labute approximate surface area is 259 Å². The summed E-state index contributed by atoms with van der Waals surface area (Å²) in [4.78, 5) is 15.0. The summed E-state index contributed by atoms with van der Waals surface area (Å²) in [6, 6.07) is 38.5. The van der Waals surface area contributed by atoms with Crippen molar-refractivity contribution in [2.24, 2.45) is 15.0 Å². The van der Waals surface area contributed by atoms with Gasteiger partial charge in [-0.1, -0.05) is 78.9 Å². The molecular weight excluding hydrogens is 601 g/mol. The Hall–Kier alpha value is -3.79. The van der Waals surface area contributed by atoms with Gasteiger partial charge in [-0.3, -0.25) is 9.98 Å². The molecule has 42 heavy (non-hydrogen) atoms. The second-order valence-corrected chi connectivity index (χ2v) is 12.0. The van der Waals surface area contributed by atoms with Gasteiger partial charge in [0.1, 0.15) is 0 Å². The average Bonchev–Trinajstić information content (AvgIpc) is 3.51. The van der Waals surface area contributed by atoms with E-state index in [1.54, 1.807) is 0 Å². The first-order valence-corrected chi connectivity index (χ1v) is 16.7. The van der Waals surface area contributed by atoms with Crippen molar-refractivity contribution < 1.29 is 13.1 Å². The fourth-order valence-corrected chi connectivity index (χ4v) is 5.47. The number of nitrogens with zero attached hydrogens (tertiary/aromatic N) is 3. The maximum atomic E-state index is 5.04. The summed E-state index contributed by atoms with van der Waals surface area (Å²) in [6.45, 7) is 4.10. The number of allylic oxidation sites excluding steroid dienone is 2. The van der Waals surface area contributed by atoms with Crippen molar-refractivity contribution in [2.75, 3.05) is 0 Å². The summed E-state index contributed by atoms with van der Waals surface area (Å²) in [5.41, 5.74) is 5.69. The molecule has 0 saturated carbocycles. The Morgan fingerprint density at radius 3 is 1.52 bits per heavy atom. The van der Waals surface area contributed by atoms with Gasteiger partial charge in [-0.05, 0) is 82.6 Å². The Balaban J connectivity index is 0.00000101. The Bertz CT molecular complexity index is 2090. The molecule has 6 aromatic carbocycles. The van der Waals surface area contributed by atoms with Crippen LogP contribution < -0.4 is 0 Å². The zero-order valence-electron chi connectivity index (χ0n) is 23.1. The Morgan fingerprint density at radius 1 is 0.595 bits per heavy atom. The first kappa shape index (κ1) is 28.3. The van der Waals surface area contributed by atoms with E-state index in [-0.39, 0.29) is 13.1 Å². The molecule has 0 saturated heterocycles. The van der Waals surface area contributed by atoms with Gasteiger partial charge in [0.25, 0.3) is 0 Å². The number of fused-ring (bicyclic) bond motifs is 4. The summed E-state index contributed by atoms with van der Waals surface area (Å²) in [7, 11) is 9.53. The van der Waals surface area contributed by atoms with Crippen LogP contribution in [-0.4, -0.2) is 17.1 Å². The normalized spacial score (nSPS) is 13.9. The number of hydrogen-bond donors (Lipinski definition) is 0. The second-order valence-electron chi connectivity index (χ2n) is 10.2. The van der Waals surface area contributed by atoms with Crippen molar-refractivity contribution in [1.29, 1.82) is 0 Å². The number of halogens is 2. The van der Waals surface area contributed by atoms with Crippen LogP contribution in [0, 0.1) is 0 Å². The van der Waals surface area contributed by atoms with E-state index in [0.717, 1.165) is 51.4 Å². The summed E-state index contributed by atoms with van der Waals surface area (Å²) < 4.78 is 0. The number of aliphatic imine (C=N–C) groups is 3. The minimum atomic E-state index is 0.194. The van der Waals surface area contributed by atoms with E-state index in [4.69, 9.17) is 35.2 Å². The van der Waals surface area contributed by atoms with Crippen LogP contribution >= 0.6 is 20.2 Å². The monoisotopic (exact) mass is 627 g/mol. The van der Waals surface area contributed by atoms with Crippen LogP contribution in [0.2, 0.25) is 0 Å². The Morgan fingerprint density at radius 2 is 1.02 bits per heavy atom. The summed E-state index contributed by atoms with van der Waals surface area (Å²) in [5.74, 6) is 0. The molecule has 1 aliphatic rings. The van der Waals surface area contributed by atoms with Gasteiger partial charge in [0.15, 0.2) is 0 Å². The van der Waals surface area contributed by atoms with Crippen molar-refractivity contribution in [3.05, 3.63) is 121 Å². The van der Waals surface area contributed by atoms with Gasteiger partial charge in [0.2, 0.25) is 0 Å². The van der Waals surface area contributed by atoms with E-state index in [1.807, 2.05) is 6.92 Å². The molecule has 0 amide bonds. The predicted molar refractivity (Wildman–Crippen MR) is 180 cm³/mol. The zero-order chi connectivity index (χ0) is 29.1. The molecule has 0 aliphatic carbocycles. The average molecular weight is 628 g/mol. The van der Waals surface area contributed by atoms with Crippen molar-refractivity contribution >= 4 is 91.8 Å². The third-order valence-corrected chi connectivity index (χ3v) is 7.56. The van der Waals surface area contributed by atoms with Gasteiger partial charge < -0.3 is 0 Å². The molecule has 6 aromatic rings. The van der Waals surface area contributed by atoms with Gasteiger partial charge in [0, 0.05) is 17.2 Å². The van der Waals surface area contributed by atoms with Crippen molar-refractivity contribution in [2.45, 2.75) is 20.3 Å². The summed E-state index contributed by atoms with van der Waals surface area (Å²) >= 11 is 0.194. The third kappa shape index (κ3) is 5.90. The van der Waals surface area contributed by atoms with E-state index in [0.29, 0.717) is 0 Å². The van der Waals surface area contributed by atoms with Crippen LogP contribution in [-0.2, 0) is 13.1 Å². The molecule has 1 heterocycles. The van der Waals surface area contributed by atoms with Crippen LogP contribution in [0.4, 0.5) is 11.4 Å². The maximum absolute atomic E-state index is 5.04. The van der Waals surface area contributed by atoms with Gasteiger partial charge in [-0.15, -0.1) is 0 Å².